The summed E-state index contributed by atoms with van der Waals surface area (Å²) in [7, 11) is 0. The number of rotatable bonds is 53. The number of carbonyl (C=O) groups is 2. The molecule has 0 aliphatic carbocycles. The highest BCUT2D eigenvalue weighted by atomic mass is 16.6. The molecular weight excluding hydrogens is 813 g/mol. The van der Waals surface area contributed by atoms with Crippen LogP contribution in [0.25, 0.3) is 0 Å². The van der Waals surface area contributed by atoms with Gasteiger partial charge in [-0.3, -0.25) is 9.59 Å². The Morgan fingerprint density at radius 3 is 1.11 bits per heavy atom. The summed E-state index contributed by atoms with van der Waals surface area (Å²) in [5, 5.41) is 0. The van der Waals surface area contributed by atoms with Gasteiger partial charge in [0.15, 0.2) is 6.10 Å². The fraction of sp³-hybridized carbons (Fsp3) is 0.803. The van der Waals surface area contributed by atoms with E-state index in [9.17, 15) is 9.59 Å². The van der Waals surface area contributed by atoms with E-state index in [-0.39, 0.29) is 25.2 Å². The van der Waals surface area contributed by atoms with Gasteiger partial charge in [0, 0.05) is 19.4 Å². The summed E-state index contributed by atoms with van der Waals surface area (Å²) in [6, 6.07) is 0. The SMILES string of the molecule is CC/C=C\C/C=C\C/C=C\CCCCCCCCCC(=O)OCC(COCCCCCCCC/C=C\CCCCCCCC)OC(=O)CCCCCCCCC/C=C\CCCCCCCC. The van der Waals surface area contributed by atoms with Gasteiger partial charge in [0.2, 0.25) is 0 Å². The Morgan fingerprint density at radius 2 is 0.682 bits per heavy atom. The average molecular weight is 924 g/mol. The Balaban J connectivity index is 4.29. The minimum absolute atomic E-state index is 0.0766. The first-order valence-corrected chi connectivity index (χ1v) is 28.8. The molecule has 0 bridgehead atoms. The topological polar surface area (TPSA) is 61.8 Å². The first kappa shape index (κ1) is 63.6. The van der Waals surface area contributed by atoms with Crippen molar-refractivity contribution in [1.82, 2.24) is 0 Å². The summed E-state index contributed by atoms with van der Waals surface area (Å²) in [5.74, 6) is -0.406. The van der Waals surface area contributed by atoms with Crippen molar-refractivity contribution in [2.75, 3.05) is 19.8 Å². The number of hydrogen-bond acceptors (Lipinski definition) is 5. The molecule has 0 aliphatic heterocycles. The molecule has 0 heterocycles. The zero-order chi connectivity index (χ0) is 47.7. The van der Waals surface area contributed by atoms with E-state index in [2.05, 4.69) is 81.5 Å². The first-order valence-electron chi connectivity index (χ1n) is 28.8. The van der Waals surface area contributed by atoms with Gasteiger partial charge in [-0.1, -0.05) is 236 Å². The third kappa shape index (κ3) is 54.2. The Labute approximate surface area is 411 Å². The van der Waals surface area contributed by atoms with E-state index < -0.39 is 6.10 Å². The molecule has 5 heteroatoms. The summed E-state index contributed by atoms with van der Waals surface area (Å²) in [6.45, 7) is 7.72. The van der Waals surface area contributed by atoms with Crippen molar-refractivity contribution >= 4 is 11.9 Å². The monoisotopic (exact) mass is 923 g/mol. The molecule has 384 valence electrons. The Bertz CT molecular complexity index is 1130. The lowest BCUT2D eigenvalue weighted by Crippen LogP contribution is -2.30. The average Bonchev–Trinajstić information content (AvgIpc) is 3.32. The van der Waals surface area contributed by atoms with E-state index >= 15 is 0 Å². The van der Waals surface area contributed by atoms with Crippen LogP contribution in [0.15, 0.2) is 60.8 Å². The van der Waals surface area contributed by atoms with Crippen LogP contribution in [0.5, 0.6) is 0 Å². The van der Waals surface area contributed by atoms with Gasteiger partial charge in [-0.25, -0.2) is 0 Å². The van der Waals surface area contributed by atoms with Crippen molar-refractivity contribution in [1.29, 1.82) is 0 Å². The second-order valence-electron chi connectivity index (χ2n) is 19.2. The molecule has 0 aromatic carbocycles. The predicted molar refractivity (Wildman–Crippen MR) is 288 cm³/mol. The van der Waals surface area contributed by atoms with Crippen LogP contribution in [0.4, 0.5) is 0 Å². The van der Waals surface area contributed by atoms with Crippen LogP contribution >= 0.6 is 0 Å². The highest BCUT2D eigenvalue weighted by Gasteiger charge is 2.17. The maximum absolute atomic E-state index is 12.9. The summed E-state index contributed by atoms with van der Waals surface area (Å²) in [4.78, 5) is 25.5. The molecule has 0 spiro atoms. The van der Waals surface area contributed by atoms with Crippen molar-refractivity contribution in [2.24, 2.45) is 0 Å². The lowest BCUT2D eigenvalue weighted by Gasteiger charge is -2.18. The van der Waals surface area contributed by atoms with E-state index in [4.69, 9.17) is 14.2 Å². The summed E-state index contributed by atoms with van der Waals surface area (Å²) >= 11 is 0. The Hall–Kier alpha value is -2.40. The number of ether oxygens (including phenoxy) is 3. The fourth-order valence-corrected chi connectivity index (χ4v) is 8.22. The molecule has 0 saturated carbocycles. The lowest BCUT2D eigenvalue weighted by molar-refractivity contribution is -0.163. The predicted octanol–water partition coefficient (Wildman–Crippen LogP) is 19.7. The molecule has 66 heavy (non-hydrogen) atoms. The van der Waals surface area contributed by atoms with Crippen LogP contribution in [0.1, 0.15) is 290 Å². The van der Waals surface area contributed by atoms with Crippen LogP contribution in [0.2, 0.25) is 0 Å². The van der Waals surface area contributed by atoms with E-state index in [1.807, 2.05) is 0 Å². The van der Waals surface area contributed by atoms with Crippen molar-refractivity contribution in [3.8, 4) is 0 Å². The molecule has 0 saturated heterocycles. The zero-order valence-corrected chi connectivity index (χ0v) is 44.2. The minimum Gasteiger partial charge on any atom is -0.462 e. The number of esters is 2. The van der Waals surface area contributed by atoms with Gasteiger partial charge < -0.3 is 14.2 Å². The molecule has 0 fully saturated rings. The number of hydrogen-bond donors (Lipinski definition) is 0. The van der Waals surface area contributed by atoms with E-state index in [0.29, 0.717) is 19.4 Å². The van der Waals surface area contributed by atoms with Crippen molar-refractivity contribution in [3.05, 3.63) is 60.8 Å². The largest absolute Gasteiger partial charge is 0.462 e. The number of allylic oxidation sites excluding steroid dienone is 10. The standard InChI is InChI=1S/C61H110O5/c1-4-7-10-13-16-19-22-25-28-31-33-36-39-42-45-48-51-54-60(62)65-58-59(57-64-56-53-50-47-44-41-38-35-30-27-24-21-18-15-12-9-6-3)66-61(63)55-52-49-46-43-40-37-34-32-29-26-23-20-17-14-11-8-5-2/h7,10,16,19,25-30,59H,4-6,8-9,11-15,17-18,20-24,31-58H2,1-3H3/b10-7-,19-16-,28-25-,29-26-,30-27-. The normalized spacial score (nSPS) is 12.6. The molecule has 0 radical (unpaired) electrons. The van der Waals surface area contributed by atoms with Gasteiger partial charge >= 0.3 is 11.9 Å². The lowest BCUT2D eigenvalue weighted by atomic mass is 10.1. The summed E-state index contributed by atoms with van der Waals surface area (Å²) in [6.07, 6.45) is 72.4. The van der Waals surface area contributed by atoms with E-state index in [0.717, 1.165) is 77.0 Å². The third-order valence-corrected chi connectivity index (χ3v) is 12.5. The number of carbonyl (C=O) groups excluding carboxylic acids is 2. The fourth-order valence-electron chi connectivity index (χ4n) is 8.22. The smallest absolute Gasteiger partial charge is 0.306 e. The summed E-state index contributed by atoms with van der Waals surface area (Å²) < 4.78 is 17.5. The zero-order valence-electron chi connectivity index (χ0n) is 44.2. The van der Waals surface area contributed by atoms with Crippen molar-refractivity contribution in [3.63, 3.8) is 0 Å². The maximum atomic E-state index is 12.9. The van der Waals surface area contributed by atoms with Gasteiger partial charge in [-0.15, -0.1) is 0 Å². The van der Waals surface area contributed by atoms with Crippen LogP contribution < -0.4 is 0 Å². The van der Waals surface area contributed by atoms with E-state index in [1.54, 1.807) is 0 Å². The minimum atomic E-state index is -0.547. The van der Waals surface area contributed by atoms with Crippen LogP contribution in [0, 0.1) is 0 Å². The molecule has 0 N–H and O–H groups in total. The van der Waals surface area contributed by atoms with Crippen LogP contribution in [-0.4, -0.2) is 37.9 Å². The van der Waals surface area contributed by atoms with Crippen LogP contribution in [-0.2, 0) is 23.8 Å². The molecule has 0 aromatic heterocycles. The van der Waals surface area contributed by atoms with Gasteiger partial charge in [-0.05, 0) is 103 Å². The third-order valence-electron chi connectivity index (χ3n) is 12.5. The molecular formula is C61H110O5. The highest BCUT2D eigenvalue weighted by Crippen LogP contribution is 2.15. The van der Waals surface area contributed by atoms with Crippen molar-refractivity contribution < 1.29 is 23.8 Å². The molecule has 0 rings (SSSR count). The van der Waals surface area contributed by atoms with Gasteiger partial charge in [-0.2, -0.15) is 0 Å². The van der Waals surface area contributed by atoms with Crippen molar-refractivity contribution in [2.45, 2.75) is 297 Å². The molecule has 1 atom stereocenters. The quantitative estimate of drug-likeness (QED) is 0.0346. The molecule has 0 aromatic rings. The Kier molecular flexibility index (Phi) is 54.9. The number of unbranched alkanes of at least 4 members (excludes halogenated alkanes) is 32. The second kappa shape index (κ2) is 56.9. The Morgan fingerprint density at radius 1 is 0.348 bits per heavy atom. The molecule has 0 aliphatic rings. The van der Waals surface area contributed by atoms with Gasteiger partial charge in [0.1, 0.15) is 6.61 Å². The molecule has 5 nitrogen and oxygen atoms in total. The van der Waals surface area contributed by atoms with E-state index in [1.165, 1.54) is 180 Å². The first-order chi connectivity index (χ1) is 32.6. The highest BCUT2D eigenvalue weighted by molar-refractivity contribution is 5.70. The molecule has 1 unspecified atom stereocenters. The second-order valence-corrected chi connectivity index (χ2v) is 19.2. The van der Waals surface area contributed by atoms with Gasteiger partial charge in [0.05, 0.1) is 6.61 Å². The maximum Gasteiger partial charge on any atom is 0.306 e. The summed E-state index contributed by atoms with van der Waals surface area (Å²) in [5.41, 5.74) is 0. The van der Waals surface area contributed by atoms with Crippen LogP contribution in [0.3, 0.4) is 0 Å². The molecule has 0 amide bonds. The van der Waals surface area contributed by atoms with Gasteiger partial charge in [0.25, 0.3) is 0 Å².